The molecule has 0 amide bonds. The number of hydrogen-bond donors (Lipinski definition) is 0. The van der Waals surface area contributed by atoms with E-state index in [0.717, 1.165) is 39.2 Å². The van der Waals surface area contributed by atoms with Crippen LogP contribution in [0.1, 0.15) is 0 Å². The fraction of sp³-hybridized carbons (Fsp3) is 0. The smallest absolute Gasteiger partial charge is 0.0973 e. The molecule has 8 aromatic rings. The standard InChI is InChI=1S/C40H25N3/c1-2-11-28(12-3-1)39-40(42-34-18-7-6-17-33(34)41-39)29-20-23-30(24-21-29)43-35-19-9-14-27-13-8-16-32(37(27)35)38-31-15-5-4-10-26(31)22-25-36(38)43/h1-25H. The maximum absolute atomic E-state index is 5.12. The molecule has 0 saturated carbocycles. The number of rotatable bonds is 3. The molecule has 0 aliphatic carbocycles. The molecule has 0 fully saturated rings. The van der Waals surface area contributed by atoms with Crippen LogP contribution in [0.25, 0.3) is 66.2 Å². The van der Waals surface area contributed by atoms with Crippen molar-refractivity contribution in [1.29, 1.82) is 0 Å². The zero-order valence-electron chi connectivity index (χ0n) is 23.3. The first-order chi connectivity index (χ1) is 21.3. The van der Waals surface area contributed by atoms with E-state index in [1.165, 1.54) is 44.0 Å². The van der Waals surface area contributed by atoms with E-state index in [1.807, 2.05) is 30.3 Å². The summed E-state index contributed by atoms with van der Waals surface area (Å²) >= 11 is 0. The van der Waals surface area contributed by atoms with Gasteiger partial charge in [-0.05, 0) is 58.1 Å². The van der Waals surface area contributed by atoms with E-state index in [4.69, 9.17) is 9.97 Å². The summed E-state index contributed by atoms with van der Waals surface area (Å²) in [6.07, 6.45) is 0. The van der Waals surface area contributed by atoms with Gasteiger partial charge in [-0.15, -0.1) is 0 Å². The number of nitrogens with zero attached hydrogens (tertiary/aromatic N) is 3. The van der Waals surface area contributed by atoms with Gasteiger partial charge in [0.15, 0.2) is 0 Å². The molecule has 0 saturated heterocycles. The summed E-state index contributed by atoms with van der Waals surface area (Å²) in [7, 11) is 0. The van der Waals surface area contributed by atoms with Gasteiger partial charge >= 0.3 is 0 Å². The lowest BCUT2D eigenvalue weighted by atomic mass is 9.87. The highest BCUT2D eigenvalue weighted by molar-refractivity contribution is 6.19. The van der Waals surface area contributed by atoms with Crippen LogP contribution in [0, 0.1) is 0 Å². The fourth-order valence-electron chi connectivity index (χ4n) is 6.62. The van der Waals surface area contributed by atoms with Crippen LogP contribution in [0.15, 0.2) is 152 Å². The summed E-state index contributed by atoms with van der Waals surface area (Å²) in [4.78, 5) is 12.6. The number of fused-ring (bicyclic) bond motifs is 5. The van der Waals surface area contributed by atoms with E-state index in [0.29, 0.717) is 0 Å². The third kappa shape index (κ3) is 3.68. The van der Waals surface area contributed by atoms with Crippen molar-refractivity contribution in [2.75, 3.05) is 4.90 Å². The molecule has 1 aliphatic heterocycles. The average molecular weight is 548 g/mol. The van der Waals surface area contributed by atoms with Crippen LogP contribution in [0.2, 0.25) is 0 Å². The van der Waals surface area contributed by atoms with Gasteiger partial charge < -0.3 is 4.90 Å². The zero-order valence-corrected chi connectivity index (χ0v) is 23.3. The Morgan fingerprint density at radius 3 is 1.81 bits per heavy atom. The molecule has 0 spiro atoms. The second kappa shape index (κ2) is 9.37. The monoisotopic (exact) mass is 547 g/mol. The Balaban J connectivity index is 1.25. The second-order valence-electron chi connectivity index (χ2n) is 11.0. The van der Waals surface area contributed by atoms with E-state index in [2.05, 4.69) is 126 Å². The van der Waals surface area contributed by atoms with Crippen LogP contribution < -0.4 is 4.90 Å². The van der Waals surface area contributed by atoms with Gasteiger partial charge in [0.25, 0.3) is 0 Å². The summed E-state index contributed by atoms with van der Waals surface area (Å²) in [5.74, 6) is 0. The summed E-state index contributed by atoms with van der Waals surface area (Å²) in [5.41, 5.74) is 11.7. The quantitative estimate of drug-likeness (QED) is 0.220. The van der Waals surface area contributed by atoms with Crippen LogP contribution in [0.5, 0.6) is 0 Å². The Morgan fingerprint density at radius 1 is 0.419 bits per heavy atom. The molecule has 0 unspecified atom stereocenters. The summed E-state index contributed by atoms with van der Waals surface area (Å²) in [6.45, 7) is 0. The van der Waals surface area contributed by atoms with Crippen molar-refractivity contribution in [2.24, 2.45) is 0 Å². The molecule has 1 aliphatic rings. The first-order valence-corrected chi connectivity index (χ1v) is 14.6. The Hall–Kier alpha value is -5.80. The molecule has 7 aromatic carbocycles. The first kappa shape index (κ1) is 23.9. The minimum Gasteiger partial charge on any atom is -0.309 e. The molecule has 43 heavy (non-hydrogen) atoms. The molecule has 3 nitrogen and oxygen atoms in total. The van der Waals surface area contributed by atoms with Crippen LogP contribution in [-0.2, 0) is 0 Å². The van der Waals surface area contributed by atoms with E-state index < -0.39 is 0 Å². The summed E-state index contributed by atoms with van der Waals surface area (Å²) in [5, 5.41) is 5.04. The normalized spacial score (nSPS) is 12.1. The van der Waals surface area contributed by atoms with Gasteiger partial charge in [-0.25, -0.2) is 9.97 Å². The van der Waals surface area contributed by atoms with Crippen LogP contribution in [0.4, 0.5) is 17.1 Å². The molecule has 0 atom stereocenters. The van der Waals surface area contributed by atoms with Crippen LogP contribution >= 0.6 is 0 Å². The number of hydrogen-bond acceptors (Lipinski definition) is 3. The summed E-state index contributed by atoms with van der Waals surface area (Å²) in [6, 6.07) is 53.7. The lowest BCUT2D eigenvalue weighted by Crippen LogP contribution is -2.15. The highest BCUT2D eigenvalue weighted by Crippen LogP contribution is 2.53. The molecule has 0 bridgehead atoms. The van der Waals surface area contributed by atoms with Gasteiger partial charge in [0.05, 0.1) is 33.8 Å². The molecule has 9 rings (SSSR count). The van der Waals surface area contributed by atoms with Crippen molar-refractivity contribution < 1.29 is 0 Å². The molecule has 200 valence electrons. The van der Waals surface area contributed by atoms with Crippen molar-refractivity contribution >= 4 is 49.6 Å². The highest BCUT2D eigenvalue weighted by atomic mass is 15.2. The Morgan fingerprint density at radius 2 is 1.05 bits per heavy atom. The van der Waals surface area contributed by atoms with Crippen molar-refractivity contribution in [2.45, 2.75) is 0 Å². The van der Waals surface area contributed by atoms with Crippen molar-refractivity contribution in [1.82, 2.24) is 9.97 Å². The Labute approximate surface area is 249 Å². The number of benzene rings is 7. The fourth-order valence-corrected chi connectivity index (χ4v) is 6.62. The molecular formula is C40H25N3. The minimum atomic E-state index is 0.883. The van der Waals surface area contributed by atoms with Gasteiger partial charge in [0, 0.05) is 27.8 Å². The van der Waals surface area contributed by atoms with Gasteiger partial charge in [0.2, 0.25) is 0 Å². The number of anilines is 3. The van der Waals surface area contributed by atoms with Crippen molar-refractivity contribution in [3.8, 4) is 33.6 Å². The summed E-state index contributed by atoms with van der Waals surface area (Å²) < 4.78 is 0. The Bertz CT molecular complexity index is 2340. The van der Waals surface area contributed by atoms with E-state index >= 15 is 0 Å². The third-order valence-corrected chi connectivity index (χ3v) is 8.56. The van der Waals surface area contributed by atoms with Crippen LogP contribution in [-0.4, -0.2) is 9.97 Å². The predicted octanol–water partition coefficient (Wildman–Crippen LogP) is 10.7. The minimum absolute atomic E-state index is 0.883. The van der Waals surface area contributed by atoms with Crippen molar-refractivity contribution in [3.05, 3.63) is 152 Å². The first-order valence-electron chi connectivity index (χ1n) is 14.6. The predicted molar refractivity (Wildman–Crippen MR) is 179 cm³/mol. The lowest BCUT2D eigenvalue weighted by molar-refractivity contribution is 1.28. The molecule has 2 heterocycles. The topological polar surface area (TPSA) is 29.0 Å². The van der Waals surface area contributed by atoms with E-state index in [-0.39, 0.29) is 0 Å². The van der Waals surface area contributed by atoms with Crippen LogP contribution in [0.3, 0.4) is 0 Å². The van der Waals surface area contributed by atoms with Gasteiger partial charge in [-0.1, -0.05) is 115 Å². The number of aromatic nitrogens is 2. The maximum Gasteiger partial charge on any atom is 0.0973 e. The lowest BCUT2D eigenvalue weighted by Gasteiger charge is -2.34. The van der Waals surface area contributed by atoms with Gasteiger partial charge in [0.1, 0.15) is 0 Å². The molecule has 1 aromatic heterocycles. The van der Waals surface area contributed by atoms with Gasteiger partial charge in [-0.3, -0.25) is 0 Å². The molecule has 0 N–H and O–H groups in total. The van der Waals surface area contributed by atoms with E-state index in [1.54, 1.807) is 0 Å². The number of para-hydroxylation sites is 2. The highest BCUT2D eigenvalue weighted by Gasteiger charge is 2.27. The SMILES string of the molecule is c1ccc(-c2nc3ccccc3nc2-c2ccc(N3c4ccc5ccccc5c4-c4cccc5cccc3c45)cc2)cc1. The largest absolute Gasteiger partial charge is 0.309 e. The molecule has 3 heteroatoms. The maximum atomic E-state index is 5.12. The molecular weight excluding hydrogens is 522 g/mol. The third-order valence-electron chi connectivity index (χ3n) is 8.56. The van der Waals surface area contributed by atoms with Crippen molar-refractivity contribution in [3.63, 3.8) is 0 Å². The zero-order chi connectivity index (χ0) is 28.3. The van der Waals surface area contributed by atoms with E-state index in [9.17, 15) is 0 Å². The average Bonchev–Trinajstić information content (AvgIpc) is 3.08. The molecule has 0 radical (unpaired) electrons. The van der Waals surface area contributed by atoms with Gasteiger partial charge in [-0.2, -0.15) is 0 Å². The Kier molecular flexibility index (Phi) is 5.20. The second-order valence-corrected chi connectivity index (χ2v) is 11.0.